The SMILES string of the molecule is O=C(C=Cc1ccccc1)c1ccc(Oc2ncc(C(F)(F)F)cc2Cl)cc1. The molecule has 1 heterocycles. The highest BCUT2D eigenvalue weighted by atomic mass is 35.5. The Kier molecular flexibility index (Phi) is 5.80. The summed E-state index contributed by atoms with van der Waals surface area (Å²) < 4.78 is 43.3. The van der Waals surface area contributed by atoms with Crippen molar-refractivity contribution in [3.05, 3.63) is 94.6 Å². The van der Waals surface area contributed by atoms with Gasteiger partial charge in [-0.15, -0.1) is 0 Å². The summed E-state index contributed by atoms with van der Waals surface area (Å²) in [5.41, 5.74) is 0.376. The van der Waals surface area contributed by atoms with E-state index in [1.165, 1.54) is 18.2 Å². The first-order valence-electron chi connectivity index (χ1n) is 8.11. The molecule has 142 valence electrons. The van der Waals surface area contributed by atoms with Gasteiger partial charge in [-0.1, -0.05) is 48.0 Å². The molecule has 3 nitrogen and oxygen atoms in total. The molecule has 0 aliphatic heterocycles. The maximum Gasteiger partial charge on any atom is 0.417 e. The Morgan fingerprint density at radius 1 is 1.04 bits per heavy atom. The van der Waals surface area contributed by atoms with Crippen LogP contribution in [0, 0.1) is 0 Å². The topological polar surface area (TPSA) is 39.2 Å². The summed E-state index contributed by atoms with van der Waals surface area (Å²) in [5, 5.41) is -0.263. The Labute approximate surface area is 164 Å². The van der Waals surface area contributed by atoms with Gasteiger partial charge in [-0.25, -0.2) is 4.98 Å². The van der Waals surface area contributed by atoms with E-state index in [4.69, 9.17) is 16.3 Å². The maximum absolute atomic E-state index is 12.6. The number of ketones is 1. The van der Waals surface area contributed by atoms with Crippen LogP contribution in [0.2, 0.25) is 5.02 Å². The lowest BCUT2D eigenvalue weighted by molar-refractivity contribution is -0.137. The quantitative estimate of drug-likeness (QED) is 0.363. The second-order valence-corrected chi connectivity index (χ2v) is 6.15. The summed E-state index contributed by atoms with van der Waals surface area (Å²) in [4.78, 5) is 15.8. The van der Waals surface area contributed by atoms with Crippen LogP contribution in [0.1, 0.15) is 21.5 Å². The second kappa shape index (κ2) is 8.27. The number of alkyl halides is 3. The number of ether oxygens (including phenoxy) is 1. The minimum absolute atomic E-state index is 0.155. The fourth-order valence-electron chi connectivity index (χ4n) is 2.29. The summed E-state index contributed by atoms with van der Waals surface area (Å²) in [6.07, 6.45) is -0.726. The normalized spacial score (nSPS) is 11.6. The van der Waals surface area contributed by atoms with Crippen molar-refractivity contribution in [1.29, 1.82) is 0 Å². The molecule has 2 aromatic carbocycles. The molecule has 0 saturated heterocycles. The van der Waals surface area contributed by atoms with Crippen molar-refractivity contribution in [2.75, 3.05) is 0 Å². The number of hydrogen-bond acceptors (Lipinski definition) is 3. The summed E-state index contributed by atoms with van der Waals surface area (Å²) in [5.74, 6) is -0.0587. The Morgan fingerprint density at radius 3 is 2.32 bits per heavy atom. The zero-order valence-corrected chi connectivity index (χ0v) is 15.0. The summed E-state index contributed by atoms with van der Waals surface area (Å²) in [6, 6.07) is 16.2. The summed E-state index contributed by atoms with van der Waals surface area (Å²) >= 11 is 5.82. The Hall–Kier alpha value is -3.12. The van der Waals surface area contributed by atoms with E-state index in [1.807, 2.05) is 30.3 Å². The van der Waals surface area contributed by atoms with Gasteiger partial charge in [0, 0.05) is 11.8 Å². The number of hydrogen-bond donors (Lipinski definition) is 0. The van der Waals surface area contributed by atoms with Crippen molar-refractivity contribution in [3.8, 4) is 11.6 Å². The fourth-order valence-corrected chi connectivity index (χ4v) is 2.49. The van der Waals surface area contributed by atoms with Gasteiger partial charge in [0.1, 0.15) is 10.8 Å². The lowest BCUT2D eigenvalue weighted by atomic mass is 10.1. The van der Waals surface area contributed by atoms with Crippen LogP contribution in [-0.2, 0) is 6.18 Å². The number of benzene rings is 2. The van der Waals surface area contributed by atoms with Gasteiger partial charge >= 0.3 is 6.18 Å². The molecule has 0 aliphatic rings. The monoisotopic (exact) mass is 403 g/mol. The zero-order chi connectivity index (χ0) is 20.1. The highest BCUT2D eigenvalue weighted by Gasteiger charge is 2.31. The molecule has 0 fully saturated rings. The first-order valence-corrected chi connectivity index (χ1v) is 8.49. The van der Waals surface area contributed by atoms with Gasteiger partial charge in [0.25, 0.3) is 0 Å². The van der Waals surface area contributed by atoms with Crippen LogP contribution in [0.5, 0.6) is 11.6 Å². The smallest absolute Gasteiger partial charge is 0.417 e. The first-order chi connectivity index (χ1) is 13.3. The Morgan fingerprint density at radius 2 is 1.71 bits per heavy atom. The molecule has 0 N–H and O–H groups in total. The Balaban J connectivity index is 1.69. The van der Waals surface area contributed by atoms with E-state index in [0.717, 1.165) is 11.6 Å². The second-order valence-electron chi connectivity index (χ2n) is 5.74. The molecular formula is C21H13ClF3NO2. The molecule has 0 radical (unpaired) electrons. The average molecular weight is 404 g/mol. The predicted molar refractivity (Wildman–Crippen MR) is 101 cm³/mol. The molecule has 0 bridgehead atoms. The number of nitrogens with zero attached hydrogens (tertiary/aromatic N) is 1. The number of rotatable bonds is 5. The fraction of sp³-hybridized carbons (Fsp3) is 0.0476. The van der Waals surface area contributed by atoms with Gasteiger partial charge < -0.3 is 4.74 Å². The molecule has 0 unspecified atom stereocenters. The minimum Gasteiger partial charge on any atom is -0.438 e. The number of aromatic nitrogens is 1. The van der Waals surface area contributed by atoms with Crippen molar-refractivity contribution >= 4 is 23.5 Å². The number of allylic oxidation sites excluding steroid dienone is 1. The largest absolute Gasteiger partial charge is 0.438 e. The number of carbonyl (C=O) groups is 1. The van der Waals surface area contributed by atoms with E-state index in [0.29, 0.717) is 11.8 Å². The van der Waals surface area contributed by atoms with Crippen molar-refractivity contribution in [1.82, 2.24) is 4.98 Å². The third-order valence-electron chi connectivity index (χ3n) is 3.71. The van der Waals surface area contributed by atoms with Crippen molar-refractivity contribution in [2.24, 2.45) is 0 Å². The lowest BCUT2D eigenvalue weighted by Gasteiger charge is -2.10. The molecule has 0 atom stereocenters. The van der Waals surface area contributed by atoms with Gasteiger partial charge in [0.05, 0.1) is 5.56 Å². The minimum atomic E-state index is -4.54. The van der Waals surface area contributed by atoms with Crippen molar-refractivity contribution in [3.63, 3.8) is 0 Å². The summed E-state index contributed by atoms with van der Waals surface area (Å²) in [6.45, 7) is 0. The predicted octanol–water partition coefficient (Wildman–Crippen LogP) is 6.44. The first kappa shape index (κ1) is 19.6. The highest BCUT2D eigenvalue weighted by molar-refractivity contribution is 6.31. The maximum atomic E-state index is 12.6. The van der Waals surface area contributed by atoms with Crippen LogP contribution in [0.15, 0.2) is 72.9 Å². The van der Waals surface area contributed by atoms with E-state index in [2.05, 4.69) is 4.98 Å². The van der Waals surface area contributed by atoms with Gasteiger partial charge in [-0.3, -0.25) is 4.79 Å². The van der Waals surface area contributed by atoms with Crippen LogP contribution < -0.4 is 4.74 Å². The average Bonchev–Trinajstić information content (AvgIpc) is 2.68. The molecule has 0 aliphatic carbocycles. The van der Waals surface area contributed by atoms with Gasteiger partial charge in [0.2, 0.25) is 5.88 Å². The summed E-state index contributed by atoms with van der Waals surface area (Å²) in [7, 11) is 0. The standard InChI is InChI=1S/C21H13ClF3NO2/c22-18-12-16(21(23,24)25)13-26-20(18)28-17-9-7-15(8-10-17)19(27)11-6-14-4-2-1-3-5-14/h1-13H. The molecule has 3 aromatic rings. The highest BCUT2D eigenvalue weighted by Crippen LogP contribution is 2.34. The van der Waals surface area contributed by atoms with Crippen LogP contribution in [0.3, 0.4) is 0 Å². The Bertz CT molecular complexity index is 1000. The van der Waals surface area contributed by atoms with E-state index in [-0.39, 0.29) is 22.4 Å². The molecule has 3 rings (SSSR count). The molecule has 28 heavy (non-hydrogen) atoms. The molecule has 0 amide bonds. The van der Waals surface area contributed by atoms with Crippen LogP contribution in [0.4, 0.5) is 13.2 Å². The third kappa shape index (κ3) is 4.98. The van der Waals surface area contributed by atoms with Crippen LogP contribution in [0.25, 0.3) is 6.08 Å². The van der Waals surface area contributed by atoms with Gasteiger partial charge in [0.15, 0.2) is 5.78 Å². The van der Waals surface area contributed by atoms with E-state index >= 15 is 0 Å². The molecule has 1 aromatic heterocycles. The van der Waals surface area contributed by atoms with Gasteiger partial charge in [-0.2, -0.15) is 13.2 Å². The molecular weight excluding hydrogens is 391 g/mol. The molecule has 0 saturated carbocycles. The van der Waals surface area contributed by atoms with Crippen molar-refractivity contribution in [2.45, 2.75) is 6.18 Å². The molecule has 7 heteroatoms. The number of pyridine rings is 1. The number of halogens is 4. The zero-order valence-electron chi connectivity index (χ0n) is 14.3. The van der Waals surface area contributed by atoms with E-state index in [1.54, 1.807) is 18.2 Å². The third-order valence-corrected chi connectivity index (χ3v) is 3.99. The molecule has 0 spiro atoms. The van der Waals surface area contributed by atoms with E-state index in [9.17, 15) is 18.0 Å². The van der Waals surface area contributed by atoms with Crippen molar-refractivity contribution < 1.29 is 22.7 Å². The van der Waals surface area contributed by atoms with Crippen LogP contribution >= 0.6 is 11.6 Å². The number of carbonyl (C=O) groups excluding carboxylic acids is 1. The lowest BCUT2D eigenvalue weighted by Crippen LogP contribution is -2.05. The van der Waals surface area contributed by atoms with Gasteiger partial charge in [-0.05, 0) is 42.0 Å². The van der Waals surface area contributed by atoms with E-state index < -0.39 is 11.7 Å². The van der Waals surface area contributed by atoms with Crippen LogP contribution in [-0.4, -0.2) is 10.8 Å².